The van der Waals surface area contributed by atoms with Gasteiger partial charge < -0.3 is 5.73 Å². The Bertz CT molecular complexity index is 527. The van der Waals surface area contributed by atoms with Crippen molar-refractivity contribution in [2.75, 3.05) is 0 Å². The van der Waals surface area contributed by atoms with E-state index >= 15 is 0 Å². The van der Waals surface area contributed by atoms with Crippen LogP contribution < -0.4 is 5.73 Å². The minimum atomic E-state index is -0.0570. The highest BCUT2D eigenvalue weighted by Gasteiger charge is 2.16. The molecule has 1 heterocycles. The zero-order valence-corrected chi connectivity index (χ0v) is 11.8. The molecular weight excluding hydrogens is 244 g/mol. The first kappa shape index (κ1) is 13.3. The molecule has 1 fully saturated rings. The van der Waals surface area contributed by atoms with E-state index in [-0.39, 0.29) is 6.04 Å². The van der Waals surface area contributed by atoms with Crippen LogP contribution >= 0.6 is 0 Å². The number of hydrogen-bond donors (Lipinski definition) is 1. The first-order chi connectivity index (χ1) is 9.84. The van der Waals surface area contributed by atoms with Gasteiger partial charge in [0.15, 0.2) is 0 Å². The lowest BCUT2D eigenvalue weighted by Gasteiger charge is -2.22. The van der Waals surface area contributed by atoms with Crippen LogP contribution in [-0.2, 0) is 0 Å². The standard InChI is InChI=1S/C18H22N2/c19-18(17-10-12-20-13-11-17)16-8-6-15(7-9-16)14-4-2-1-3-5-14/h6-14,18H,1-5,19H2. The lowest BCUT2D eigenvalue weighted by atomic mass is 9.83. The maximum Gasteiger partial charge on any atom is 0.0552 e. The fraction of sp³-hybridized carbons (Fsp3) is 0.389. The van der Waals surface area contributed by atoms with E-state index in [0.29, 0.717) is 0 Å². The molecule has 1 unspecified atom stereocenters. The summed E-state index contributed by atoms with van der Waals surface area (Å²) in [5.74, 6) is 0.759. The van der Waals surface area contributed by atoms with E-state index in [1.165, 1.54) is 43.2 Å². The lowest BCUT2D eigenvalue weighted by Crippen LogP contribution is -2.12. The molecule has 1 aromatic heterocycles. The summed E-state index contributed by atoms with van der Waals surface area (Å²) in [6.07, 6.45) is 10.4. The van der Waals surface area contributed by atoms with Gasteiger partial charge in [0.2, 0.25) is 0 Å². The molecule has 0 bridgehead atoms. The van der Waals surface area contributed by atoms with Gasteiger partial charge in [0, 0.05) is 12.4 Å². The molecule has 104 valence electrons. The monoisotopic (exact) mass is 266 g/mol. The quantitative estimate of drug-likeness (QED) is 0.905. The van der Waals surface area contributed by atoms with Gasteiger partial charge in [-0.2, -0.15) is 0 Å². The fourth-order valence-corrected chi connectivity index (χ4v) is 3.17. The van der Waals surface area contributed by atoms with Crippen LogP contribution in [0.1, 0.15) is 60.8 Å². The van der Waals surface area contributed by atoms with Crippen LogP contribution in [0.4, 0.5) is 0 Å². The molecule has 2 nitrogen and oxygen atoms in total. The summed E-state index contributed by atoms with van der Waals surface area (Å²) in [6, 6.07) is 12.8. The maximum atomic E-state index is 6.32. The summed E-state index contributed by atoms with van der Waals surface area (Å²) in [5.41, 5.74) is 10.1. The van der Waals surface area contributed by atoms with E-state index in [1.54, 1.807) is 12.4 Å². The molecule has 3 rings (SSSR count). The number of rotatable bonds is 3. The van der Waals surface area contributed by atoms with Crippen LogP contribution in [0.15, 0.2) is 48.8 Å². The molecule has 1 saturated carbocycles. The number of aromatic nitrogens is 1. The molecule has 1 atom stereocenters. The number of hydrogen-bond acceptors (Lipinski definition) is 2. The number of nitrogens with two attached hydrogens (primary N) is 1. The van der Waals surface area contributed by atoms with E-state index in [0.717, 1.165) is 11.5 Å². The highest BCUT2D eigenvalue weighted by atomic mass is 14.7. The van der Waals surface area contributed by atoms with Gasteiger partial charge in [-0.1, -0.05) is 43.5 Å². The summed E-state index contributed by atoms with van der Waals surface area (Å²) in [7, 11) is 0. The van der Waals surface area contributed by atoms with Crippen molar-refractivity contribution >= 4 is 0 Å². The Morgan fingerprint density at radius 3 is 2.10 bits per heavy atom. The Balaban J connectivity index is 1.75. The Hall–Kier alpha value is -1.67. The lowest BCUT2D eigenvalue weighted by molar-refractivity contribution is 0.443. The van der Waals surface area contributed by atoms with Gasteiger partial charge in [-0.25, -0.2) is 0 Å². The predicted molar refractivity (Wildman–Crippen MR) is 82.5 cm³/mol. The maximum absolute atomic E-state index is 6.32. The van der Waals surface area contributed by atoms with Crippen molar-refractivity contribution in [1.82, 2.24) is 4.98 Å². The number of pyridine rings is 1. The van der Waals surface area contributed by atoms with Gasteiger partial charge in [-0.3, -0.25) is 4.98 Å². The van der Waals surface area contributed by atoms with Crippen LogP contribution in [0, 0.1) is 0 Å². The molecule has 0 saturated heterocycles. The molecule has 0 amide bonds. The summed E-state index contributed by atoms with van der Waals surface area (Å²) in [6.45, 7) is 0. The van der Waals surface area contributed by atoms with Crippen molar-refractivity contribution < 1.29 is 0 Å². The van der Waals surface area contributed by atoms with Crippen LogP contribution in [0.2, 0.25) is 0 Å². The number of nitrogens with zero attached hydrogens (tertiary/aromatic N) is 1. The van der Waals surface area contributed by atoms with Crippen molar-refractivity contribution in [2.45, 2.75) is 44.1 Å². The highest BCUT2D eigenvalue weighted by molar-refractivity contribution is 5.33. The van der Waals surface area contributed by atoms with Gasteiger partial charge in [-0.05, 0) is 47.6 Å². The second kappa shape index (κ2) is 6.19. The SMILES string of the molecule is NC(c1ccncc1)c1ccc(C2CCCCC2)cc1. The highest BCUT2D eigenvalue weighted by Crippen LogP contribution is 2.33. The van der Waals surface area contributed by atoms with Gasteiger partial charge >= 0.3 is 0 Å². The van der Waals surface area contributed by atoms with E-state index in [2.05, 4.69) is 29.2 Å². The third-order valence-corrected chi connectivity index (χ3v) is 4.44. The van der Waals surface area contributed by atoms with E-state index in [9.17, 15) is 0 Å². The predicted octanol–water partition coefficient (Wildman–Crippen LogP) is 4.18. The van der Waals surface area contributed by atoms with E-state index < -0.39 is 0 Å². The normalized spacial score (nSPS) is 17.9. The zero-order valence-electron chi connectivity index (χ0n) is 11.8. The third kappa shape index (κ3) is 2.91. The zero-order chi connectivity index (χ0) is 13.8. The fourth-order valence-electron chi connectivity index (χ4n) is 3.17. The van der Waals surface area contributed by atoms with Gasteiger partial charge in [0.25, 0.3) is 0 Å². The summed E-state index contributed by atoms with van der Waals surface area (Å²) < 4.78 is 0. The van der Waals surface area contributed by atoms with Gasteiger partial charge in [0.05, 0.1) is 6.04 Å². The number of benzene rings is 1. The van der Waals surface area contributed by atoms with Crippen LogP contribution in [-0.4, -0.2) is 4.98 Å². The molecule has 0 aliphatic heterocycles. The average Bonchev–Trinajstić information content (AvgIpc) is 2.56. The summed E-state index contributed by atoms with van der Waals surface area (Å²) >= 11 is 0. The summed E-state index contributed by atoms with van der Waals surface area (Å²) in [5, 5.41) is 0. The van der Waals surface area contributed by atoms with Crippen molar-refractivity contribution in [1.29, 1.82) is 0 Å². The van der Waals surface area contributed by atoms with Crippen molar-refractivity contribution in [2.24, 2.45) is 5.73 Å². The van der Waals surface area contributed by atoms with Gasteiger partial charge in [-0.15, -0.1) is 0 Å². The van der Waals surface area contributed by atoms with Crippen molar-refractivity contribution in [3.05, 3.63) is 65.5 Å². The Kier molecular flexibility index (Phi) is 4.12. The molecule has 0 radical (unpaired) electrons. The molecule has 1 aliphatic rings. The second-order valence-corrected chi connectivity index (χ2v) is 5.76. The Morgan fingerprint density at radius 2 is 1.45 bits per heavy atom. The first-order valence-electron chi connectivity index (χ1n) is 7.60. The molecule has 2 heteroatoms. The molecular formula is C18H22N2. The molecule has 2 aromatic rings. The van der Waals surface area contributed by atoms with E-state index in [1.807, 2.05) is 12.1 Å². The average molecular weight is 266 g/mol. The Labute approximate surface area is 121 Å². The largest absolute Gasteiger partial charge is 0.320 e. The molecule has 2 N–H and O–H groups in total. The molecule has 0 spiro atoms. The minimum absolute atomic E-state index is 0.0570. The topological polar surface area (TPSA) is 38.9 Å². The summed E-state index contributed by atoms with van der Waals surface area (Å²) in [4.78, 5) is 4.04. The molecule has 1 aliphatic carbocycles. The third-order valence-electron chi connectivity index (χ3n) is 4.44. The minimum Gasteiger partial charge on any atom is -0.320 e. The van der Waals surface area contributed by atoms with Crippen molar-refractivity contribution in [3.63, 3.8) is 0 Å². The molecule has 1 aromatic carbocycles. The first-order valence-corrected chi connectivity index (χ1v) is 7.60. The van der Waals surface area contributed by atoms with Crippen LogP contribution in [0.5, 0.6) is 0 Å². The smallest absolute Gasteiger partial charge is 0.0552 e. The van der Waals surface area contributed by atoms with Crippen molar-refractivity contribution in [3.8, 4) is 0 Å². The van der Waals surface area contributed by atoms with E-state index in [4.69, 9.17) is 5.73 Å². The van der Waals surface area contributed by atoms with Gasteiger partial charge in [0.1, 0.15) is 0 Å². The van der Waals surface area contributed by atoms with Crippen LogP contribution in [0.25, 0.3) is 0 Å². The Morgan fingerprint density at radius 1 is 0.850 bits per heavy atom. The second-order valence-electron chi connectivity index (χ2n) is 5.76. The molecule has 20 heavy (non-hydrogen) atoms. The van der Waals surface area contributed by atoms with Crippen LogP contribution in [0.3, 0.4) is 0 Å².